The van der Waals surface area contributed by atoms with E-state index in [4.69, 9.17) is 15.2 Å². The molecule has 1 amide bonds. The summed E-state index contributed by atoms with van der Waals surface area (Å²) in [6.45, 7) is 0.898. The first-order valence-electron chi connectivity index (χ1n) is 6.35. The summed E-state index contributed by atoms with van der Waals surface area (Å²) in [6.07, 6.45) is 2.89. The average Bonchev–Trinajstić information content (AvgIpc) is 2.94. The Hall–Kier alpha value is -1.66. The molecule has 0 spiro atoms. The molecule has 104 valence electrons. The summed E-state index contributed by atoms with van der Waals surface area (Å²) < 4.78 is 10.5. The first-order chi connectivity index (χ1) is 9.22. The molecule has 2 heterocycles. The van der Waals surface area contributed by atoms with Crippen molar-refractivity contribution in [2.45, 2.75) is 31.6 Å². The molecule has 1 aromatic rings. The van der Waals surface area contributed by atoms with Gasteiger partial charge in [-0.2, -0.15) is 0 Å². The van der Waals surface area contributed by atoms with Gasteiger partial charge in [-0.25, -0.2) is 4.98 Å². The van der Waals surface area contributed by atoms with Crippen LogP contribution in [0.25, 0.3) is 0 Å². The van der Waals surface area contributed by atoms with Crippen molar-refractivity contribution in [3.63, 3.8) is 0 Å². The van der Waals surface area contributed by atoms with E-state index in [1.165, 1.54) is 0 Å². The van der Waals surface area contributed by atoms with Gasteiger partial charge in [0.2, 0.25) is 11.8 Å². The molecule has 1 aliphatic rings. The molecule has 0 bridgehead atoms. The topological polar surface area (TPSA) is 86.5 Å². The highest BCUT2D eigenvalue weighted by Gasteiger charge is 2.29. The van der Waals surface area contributed by atoms with Gasteiger partial charge in [0.25, 0.3) is 0 Å². The van der Waals surface area contributed by atoms with Crippen molar-refractivity contribution in [2.75, 3.05) is 13.7 Å². The number of ether oxygens (including phenoxy) is 2. The lowest BCUT2D eigenvalue weighted by atomic mass is 10.2. The quantitative estimate of drug-likeness (QED) is 0.795. The molecule has 0 saturated carbocycles. The first-order valence-corrected chi connectivity index (χ1v) is 6.35. The van der Waals surface area contributed by atoms with Crippen LogP contribution in [0.15, 0.2) is 18.3 Å². The van der Waals surface area contributed by atoms with E-state index in [0.29, 0.717) is 19.0 Å². The van der Waals surface area contributed by atoms with Crippen molar-refractivity contribution < 1.29 is 14.3 Å². The first kappa shape index (κ1) is 13.8. The molecule has 1 aromatic heterocycles. The summed E-state index contributed by atoms with van der Waals surface area (Å²) in [5.74, 6) is 0.465. The van der Waals surface area contributed by atoms with E-state index >= 15 is 0 Å². The Morgan fingerprint density at radius 3 is 3.00 bits per heavy atom. The third-order valence-electron chi connectivity index (χ3n) is 3.14. The summed E-state index contributed by atoms with van der Waals surface area (Å²) in [4.78, 5) is 16.0. The van der Waals surface area contributed by atoms with Crippen molar-refractivity contribution in [1.29, 1.82) is 0 Å². The Morgan fingerprint density at radius 1 is 1.58 bits per heavy atom. The van der Waals surface area contributed by atoms with Crippen LogP contribution < -0.4 is 15.8 Å². The smallest absolute Gasteiger partial charge is 0.249 e. The fourth-order valence-corrected chi connectivity index (χ4v) is 2.01. The summed E-state index contributed by atoms with van der Waals surface area (Å²) in [7, 11) is 1.56. The van der Waals surface area contributed by atoms with Crippen LogP contribution in [-0.4, -0.2) is 36.8 Å². The number of nitrogens with zero attached hydrogens (tertiary/aromatic N) is 1. The maximum absolute atomic E-state index is 11.9. The number of carbonyl (C=O) groups excluding carboxylic acids is 1. The third kappa shape index (κ3) is 3.65. The second-order valence-corrected chi connectivity index (χ2v) is 4.49. The summed E-state index contributed by atoms with van der Waals surface area (Å²) >= 11 is 0. The van der Waals surface area contributed by atoms with Gasteiger partial charge in [-0.1, -0.05) is 6.07 Å². The highest BCUT2D eigenvalue weighted by Crippen LogP contribution is 2.19. The van der Waals surface area contributed by atoms with Crippen LogP contribution in [0.4, 0.5) is 0 Å². The van der Waals surface area contributed by atoms with Crippen LogP contribution in [0, 0.1) is 0 Å². The van der Waals surface area contributed by atoms with Crippen molar-refractivity contribution in [3.05, 3.63) is 23.9 Å². The van der Waals surface area contributed by atoms with Gasteiger partial charge in [-0.3, -0.25) is 4.79 Å². The summed E-state index contributed by atoms with van der Waals surface area (Å²) in [5.41, 5.74) is 6.43. The van der Waals surface area contributed by atoms with E-state index in [1.807, 2.05) is 6.07 Å². The van der Waals surface area contributed by atoms with E-state index in [1.54, 1.807) is 19.4 Å². The zero-order valence-electron chi connectivity index (χ0n) is 11.0. The number of carbonyl (C=O) groups is 1. The molecule has 0 aromatic carbocycles. The summed E-state index contributed by atoms with van der Waals surface area (Å²) in [6, 6.07) is 3.63. The van der Waals surface area contributed by atoms with Gasteiger partial charge >= 0.3 is 0 Å². The zero-order chi connectivity index (χ0) is 13.7. The Morgan fingerprint density at radius 2 is 2.42 bits per heavy atom. The number of aromatic nitrogens is 1. The van der Waals surface area contributed by atoms with Crippen molar-refractivity contribution in [3.8, 4) is 5.88 Å². The van der Waals surface area contributed by atoms with Gasteiger partial charge in [0.1, 0.15) is 6.10 Å². The molecule has 19 heavy (non-hydrogen) atoms. The van der Waals surface area contributed by atoms with Gasteiger partial charge in [-0.05, 0) is 18.4 Å². The van der Waals surface area contributed by atoms with Crippen LogP contribution in [-0.2, 0) is 16.1 Å². The fraction of sp³-hybridized carbons (Fsp3) is 0.538. The monoisotopic (exact) mass is 265 g/mol. The number of amides is 1. The van der Waals surface area contributed by atoms with E-state index in [0.717, 1.165) is 18.4 Å². The molecule has 6 heteroatoms. The maximum Gasteiger partial charge on any atom is 0.249 e. The minimum Gasteiger partial charge on any atom is -0.481 e. The lowest BCUT2D eigenvalue weighted by molar-refractivity contribution is -0.132. The maximum atomic E-state index is 11.9. The second-order valence-electron chi connectivity index (χ2n) is 4.49. The molecule has 3 N–H and O–H groups in total. The Balaban J connectivity index is 1.80. The number of rotatable bonds is 5. The van der Waals surface area contributed by atoms with Crippen molar-refractivity contribution >= 4 is 5.91 Å². The minimum absolute atomic E-state index is 0.0124. The van der Waals surface area contributed by atoms with Crippen molar-refractivity contribution in [2.24, 2.45) is 5.73 Å². The van der Waals surface area contributed by atoms with Gasteiger partial charge in [0.15, 0.2) is 0 Å². The second kappa shape index (κ2) is 6.49. The minimum atomic E-state index is -0.375. The zero-order valence-corrected chi connectivity index (χ0v) is 11.0. The predicted octanol–water partition coefficient (Wildman–Crippen LogP) is 0.213. The number of methoxy groups -OCH3 is 1. The van der Waals surface area contributed by atoms with Gasteiger partial charge in [0, 0.05) is 25.4 Å². The Kier molecular flexibility index (Phi) is 4.70. The highest BCUT2D eigenvalue weighted by molar-refractivity contribution is 5.81. The molecule has 1 fully saturated rings. The number of hydrogen-bond acceptors (Lipinski definition) is 5. The average molecular weight is 265 g/mol. The van der Waals surface area contributed by atoms with E-state index in [9.17, 15) is 4.79 Å². The fourth-order valence-electron chi connectivity index (χ4n) is 2.01. The molecule has 0 aliphatic carbocycles. The molecule has 1 saturated heterocycles. The standard InChI is InChI=1S/C13H19N3O3/c1-18-12-5-2-9(7-15-12)8-16-13(17)11-4-3-10(6-14)19-11/h2,5,7,10-11H,3-4,6,8,14H2,1H3,(H,16,17). The molecule has 1 aliphatic heterocycles. The van der Waals surface area contributed by atoms with Gasteiger partial charge in [0.05, 0.1) is 13.2 Å². The van der Waals surface area contributed by atoms with Crippen LogP contribution in [0.2, 0.25) is 0 Å². The Bertz CT molecular complexity index is 422. The predicted molar refractivity (Wildman–Crippen MR) is 69.6 cm³/mol. The molecular formula is C13H19N3O3. The lowest BCUT2D eigenvalue weighted by Crippen LogP contribution is -2.35. The Labute approximate surface area is 112 Å². The highest BCUT2D eigenvalue weighted by atomic mass is 16.5. The molecule has 0 radical (unpaired) electrons. The van der Waals surface area contributed by atoms with Gasteiger partial charge in [-0.15, -0.1) is 0 Å². The number of hydrogen-bond donors (Lipinski definition) is 2. The summed E-state index contributed by atoms with van der Waals surface area (Å²) in [5, 5.41) is 2.84. The van der Waals surface area contributed by atoms with E-state index in [-0.39, 0.29) is 18.1 Å². The van der Waals surface area contributed by atoms with E-state index < -0.39 is 0 Å². The van der Waals surface area contributed by atoms with Crippen LogP contribution in [0.1, 0.15) is 18.4 Å². The van der Waals surface area contributed by atoms with Crippen LogP contribution >= 0.6 is 0 Å². The largest absolute Gasteiger partial charge is 0.481 e. The number of nitrogens with two attached hydrogens (primary N) is 1. The third-order valence-corrected chi connectivity index (χ3v) is 3.14. The van der Waals surface area contributed by atoms with Crippen LogP contribution in [0.3, 0.4) is 0 Å². The molecular weight excluding hydrogens is 246 g/mol. The number of nitrogens with one attached hydrogen (secondary N) is 1. The van der Waals surface area contributed by atoms with Gasteiger partial charge < -0.3 is 20.5 Å². The normalized spacial score (nSPS) is 22.2. The molecule has 2 unspecified atom stereocenters. The van der Waals surface area contributed by atoms with Crippen LogP contribution in [0.5, 0.6) is 5.88 Å². The molecule has 6 nitrogen and oxygen atoms in total. The SMILES string of the molecule is COc1ccc(CNC(=O)C2CCC(CN)O2)cn1. The number of pyridine rings is 1. The van der Waals surface area contributed by atoms with E-state index in [2.05, 4.69) is 10.3 Å². The molecule has 2 rings (SSSR count). The lowest BCUT2D eigenvalue weighted by Gasteiger charge is -2.12. The van der Waals surface area contributed by atoms with Crippen molar-refractivity contribution in [1.82, 2.24) is 10.3 Å². The molecule has 2 atom stereocenters.